The van der Waals surface area contributed by atoms with Gasteiger partial charge in [0.1, 0.15) is 17.0 Å². The Morgan fingerprint density at radius 1 is 1.00 bits per heavy atom. The fourth-order valence-corrected chi connectivity index (χ4v) is 4.01. The average Bonchev–Trinajstić information content (AvgIpc) is 3.60. The number of nitrogens with zero attached hydrogens (tertiary/aromatic N) is 3. The number of aromatic nitrogens is 3. The van der Waals surface area contributed by atoms with Crippen molar-refractivity contribution in [3.8, 4) is 40.0 Å². The van der Waals surface area contributed by atoms with E-state index in [2.05, 4.69) is 25.9 Å². The monoisotopic (exact) mass is 443 g/mol. The highest BCUT2D eigenvalue weighted by Crippen LogP contribution is 2.33. The second-order valence-corrected chi connectivity index (χ2v) is 8.03. The molecule has 33 heavy (non-hydrogen) atoms. The number of ether oxygens (including phenoxy) is 1. The topological polar surface area (TPSA) is 132 Å². The van der Waals surface area contributed by atoms with E-state index in [0.29, 0.717) is 35.0 Å². The van der Waals surface area contributed by atoms with Crippen molar-refractivity contribution in [2.45, 2.75) is 18.9 Å². The lowest BCUT2D eigenvalue weighted by molar-refractivity contribution is -0.123. The third-order valence-electron chi connectivity index (χ3n) is 5.88. The number of nitrogens with one attached hydrogen (secondary N) is 2. The number of urea groups is 1. The van der Waals surface area contributed by atoms with Crippen LogP contribution in [0.15, 0.2) is 57.6 Å². The van der Waals surface area contributed by atoms with Crippen molar-refractivity contribution >= 4 is 11.9 Å². The maximum absolute atomic E-state index is 12.3. The molecular formula is C23H17N5O5. The van der Waals surface area contributed by atoms with Crippen LogP contribution in [-0.4, -0.2) is 33.8 Å². The number of carbonyl (C=O) groups is 2. The van der Waals surface area contributed by atoms with Crippen LogP contribution in [0.1, 0.15) is 18.1 Å². The summed E-state index contributed by atoms with van der Waals surface area (Å²) >= 11 is 0. The number of benzene rings is 2. The van der Waals surface area contributed by atoms with Gasteiger partial charge in [-0.2, -0.15) is 4.98 Å². The number of rotatable bonds is 4. The van der Waals surface area contributed by atoms with Crippen LogP contribution in [0.5, 0.6) is 5.75 Å². The molecule has 0 radical (unpaired) electrons. The van der Waals surface area contributed by atoms with Gasteiger partial charge < -0.3 is 19.1 Å². The number of imide groups is 1. The fourth-order valence-electron chi connectivity index (χ4n) is 4.01. The minimum Gasteiger partial charge on any atom is -0.493 e. The summed E-state index contributed by atoms with van der Waals surface area (Å²) in [6.07, 6.45) is 0.865. The summed E-state index contributed by atoms with van der Waals surface area (Å²) in [4.78, 5) is 28.3. The molecule has 2 N–H and O–H groups in total. The van der Waals surface area contributed by atoms with E-state index < -0.39 is 17.5 Å². The summed E-state index contributed by atoms with van der Waals surface area (Å²) in [6.45, 7) is 2.32. The van der Waals surface area contributed by atoms with Crippen LogP contribution in [0, 0.1) is 0 Å². The number of hydrogen-bond acceptors (Lipinski definition) is 8. The van der Waals surface area contributed by atoms with E-state index in [0.717, 1.165) is 23.3 Å². The highest BCUT2D eigenvalue weighted by atomic mass is 16.5. The van der Waals surface area contributed by atoms with Crippen LogP contribution in [0.3, 0.4) is 0 Å². The molecule has 0 spiro atoms. The second kappa shape index (κ2) is 7.02. The fraction of sp³-hybridized carbons (Fsp3) is 0.174. The number of fused-ring (bicyclic) bond motifs is 1. The van der Waals surface area contributed by atoms with Crippen LogP contribution in [0.25, 0.3) is 34.3 Å². The summed E-state index contributed by atoms with van der Waals surface area (Å²) in [5, 5.41) is 13.1. The lowest BCUT2D eigenvalue weighted by atomic mass is 9.91. The summed E-state index contributed by atoms with van der Waals surface area (Å²) in [5.41, 5.74) is 2.73. The standard InChI is InChI=1S/C23H17N5O5/c1-23(21(29)25-22(30)26-23)15-4-2-3-14(10-15)19-24-20(33-28-19)18-11-16(27-32-18)12-5-6-17-13(9-12)7-8-31-17/h2-6,9-11H,7-8H2,1H3,(H2,25,26,29,30). The molecule has 1 fully saturated rings. The highest BCUT2D eigenvalue weighted by molar-refractivity contribution is 6.07. The Bertz CT molecular complexity index is 1420. The average molecular weight is 443 g/mol. The van der Waals surface area contributed by atoms with Crippen LogP contribution < -0.4 is 15.4 Å². The quantitative estimate of drug-likeness (QED) is 0.460. The van der Waals surface area contributed by atoms with Crippen molar-refractivity contribution in [1.82, 2.24) is 25.9 Å². The molecular weight excluding hydrogens is 426 g/mol. The zero-order valence-corrected chi connectivity index (χ0v) is 17.4. The van der Waals surface area contributed by atoms with Crippen LogP contribution in [-0.2, 0) is 16.8 Å². The lowest BCUT2D eigenvalue weighted by Gasteiger charge is -2.21. The minimum absolute atomic E-state index is 0.178. The SMILES string of the molecule is CC1(c2cccc(-c3noc(-c4cc(-c5ccc6c(c5)CCO6)no4)n3)c2)NC(=O)NC1=O. The van der Waals surface area contributed by atoms with E-state index in [9.17, 15) is 9.59 Å². The maximum atomic E-state index is 12.3. The van der Waals surface area contributed by atoms with E-state index in [-0.39, 0.29) is 5.89 Å². The third kappa shape index (κ3) is 3.15. The maximum Gasteiger partial charge on any atom is 0.322 e. The van der Waals surface area contributed by atoms with Gasteiger partial charge >= 0.3 is 6.03 Å². The highest BCUT2D eigenvalue weighted by Gasteiger charge is 2.43. The van der Waals surface area contributed by atoms with Gasteiger partial charge in [0.05, 0.1) is 6.61 Å². The molecule has 4 heterocycles. The van der Waals surface area contributed by atoms with Gasteiger partial charge in [-0.25, -0.2) is 4.79 Å². The van der Waals surface area contributed by atoms with E-state index in [1.807, 2.05) is 18.2 Å². The Morgan fingerprint density at radius 2 is 1.91 bits per heavy atom. The normalized spacial score (nSPS) is 19.2. The molecule has 2 aliphatic heterocycles. The molecule has 10 nitrogen and oxygen atoms in total. The van der Waals surface area contributed by atoms with Crippen molar-refractivity contribution in [3.63, 3.8) is 0 Å². The van der Waals surface area contributed by atoms with E-state index in [4.69, 9.17) is 13.8 Å². The summed E-state index contributed by atoms with van der Waals surface area (Å²) in [7, 11) is 0. The first-order valence-corrected chi connectivity index (χ1v) is 10.3. The van der Waals surface area contributed by atoms with Crippen LogP contribution >= 0.6 is 0 Å². The smallest absolute Gasteiger partial charge is 0.322 e. The zero-order valence-electron chi connectivity index (χ0n) is 17.4. The van der Waals surface area contributed by atoms with E-state index in [1.165, 1.54) is 0 Å². The Kier molecular flexibility index (Phi) is 4.09. The summed E-state index contributed by atoms with van der Waals surface area (Å²) in [5.74, 6) is 1.30. The number of amides is 3. The second-order valence-electron chi connectivity index (χ2n) is 8.03. The first kappa shape index (κ1) is 19.2. The molecule has 2 aromatic carbocycles. The summed E-state index contributed by atoms with van der Waals surface area (Å²) in [6, 6.07) is 14.1. The largest absolute Gasteiger partial charge is 0.493 e. The molecule has 1 atom stereocenters. The first-order chi connectivity index (χ1) is 16.0. The number of carbonyl (C=O) groups excluding carboxylic acids is 2. The molecule has 4 aromatic rings. The molecule has 10 heteroatoms. The van der Waals surface area contributed by atoms with Crippen LogP contribution in [0.4, 0.5) is 4.79 Å². The Labute approximate surface area is 186 Å². The van der Waals surface area contributed by atoms with Gasteiger partial charge in [0.2, 0.25) is 11.6 Å². The van der Waals surface area contributed by atoms with Crippen molar-refractivity contribution in [2.24, 2.45) is 0 Å². The van der Waals surface area contributed by atoms with Gasteiger partial charge in [-0.3, -0.25) is 10.1 Å². The van der Waals surface area contributed by atoms with Gasteiger partial charge in [0, 0.05) is 23.6 Å². The first-order valence-electron chi connectivity index (χ1n) is 10.3. The molecule has 0 saturated carbocycles. The van der Waals surface area contributed by atoms with Crippen molar-refractivity contribution in [1.29, 1.82) is 0 Å². The van der Waals surface area contributed by atoms with E-state index in [1.54, 1.807) is 37.3 Å². The van der Waals surface area contributed by atoms with Gasteiger partial charge in [-0.15, -0.1) is 0 Å². The molecule has 0 bridgehead atoms. The zero-order chi connectivity index (χ0) is 22.6. The predicted molar refractivity (Wildman–Crippen MR) is 114 cm³/mol. The Hall–Kier alpha value is -4.47. The molecule has 0 aliphatic carbocycles. The van der Waals surface area contributed by atoms with Gasteiger partial charge in [0.15, 0.2) is 0 Å². The molecule has 6 rings (SSSR count). The van der Waals surface area contributed by atoms with Crippen LogP contribution in [0.2, 0.25) is 0 Å². The molecule has 164 valence electrons. The molecule has 2 aromatic heterocycles. The molecule has 3 amide bonds. The van der Waals surface area contributed by atoms with Gasteiger partial charge in [-0.05, 0) is 42.3 Å². The molecule has 2 aliphatic rings. The van der Waals surface area contributed by atoms with Crippen molar-refractivity contribution in [2.75, 3.05) is 6.61 Å². The van der Waals surface area contributed by atoms with Crippen molar-refractivity contribution in [3.05, 3.63) is 59.7 Å². The van der Waals surface area contributed by atoms with Gasteiger partial charge in [0.25, 0.3) is 11.8 Å². The Balaban J connectivity index is 1.28. The molecule has 1 saturated heterocycles. The lowest BCUT2D eigenvalue weighted by Crippen LogP contribution is -2.40. The third-order valence-corrected chi connectivity index (χ3v) is 5.88. The van der Waals surface area contributed by atoms with Gasteiger partial charge in [-0.1, -0.05) is 28.5 Å². The molecule has 1 unspecified atom stereocenters. The van der Waals surface area contributed by atoms with E-state index >= 15 is 0 Å². The number of hydrogen-bond donors (Lipinski definition) is 2. The van der Waals surface area contributed by atoms with Crippen molar-refractivity contribution < 1.29 is 23.4 Å². The Morgan fingerprint density at radius 3 is 2.76 bits per heavy atom. The summed E-state index contributed by atoms with van der Waals surface area (Å²) < 4.78 is 16.4. The predicted octanol–water partition coefficient (Wildman–Crippen LogP) is 3.05. The minimum atomic E-state index is -1.18.